The van der Waals surface area contributed by atoms with Gasteiger partial charge in [-0.2, -0.15) is 0 Å². The third-order valence-corrected chi connectivity index (χ3v) is 4.96. The van der Waals surface area contributed by atoms with Crippen LogP contribution < -0.4 is 10.6 Å². The summed E-state index contributed by atoms with van der Waals surface area (Å²) < 4.78 is 5.39. The molecule has 0 bridgehead atoms. The molecule has 1 aliphatic heterocycles. The maximum atomic E-state index is 12.7. The second-order valence-corrected chi connectivity index (χ2v) is 7.18. The van der Waals surface area contributed by atoms with E-state index in [1.165, 1.54) is 5.56 Å². The number of hydrogen-bond donors (Lipinski definition) is 2. The molecule has 0 unspecified atom stereocenters. The Morgan fingerprint density at radius 1 is 1.07 bits per heavy atom. The Bertz CT molecular complexity index is 810. The summed E-state index contributed by atoms with van der Waals surface area (Å²) >= 11 is 0. The van der Waals surface area contributed by atoms with Gasteiger partial charge in [0.25, 0.3) is 5.91 Å². The maximum Gasteiger partial charge on any atom is 0.257 e. The summed E-state index contributed by atoms with van der Waals surface area (Å²) in [5, 5.41) is 6.18. The number of morpholine rings is 1. The number of ether oxygens (including phenoxy) is 1. The zero-order valence-corrected chi connectivity index (χ0v) is 17.3. The van der Waals surface area contributed by atoms with E-state index >= 15 is 0 Å². The van der Waals surface area contributed by atoms with Crippen molar-refractivity contribution < 1.29 is 9.53 Å². The van der Waals surface area contributed by atoms with Gasteiger partial charge >= 0.3 is 0 Å². The molecule has 3 rings (SSSR count). The van der Waals surface area contributed by atoms with E-state index in [4.69, 9.17) is 4.74 Å². The normalized spacial score (nSPS) is 15.2. The van der Waals surface area contributed by atoms with Crippen LogP contribution in [-0.2, 0) is 11.2 Å². The van der Waals surface area contributed by atoms with Crippen molar-refractivity contribution in [1.29, 1.82) is 0 Å². The van der Waals surface area contributed by atoms with E-state index < -0.39 is 0 Å². The second-order valence-electron chi connectivity index (χ2n) is 7.18. The molecule has 0 radical (unpaired) electrons. The van der Waals surface area contributed by atoms with Gasteiger partial charge in [0.2, 0.25) is 5.96 Å². The van der Waals surface area contributed by atoms with Gasteiger partial charge in [0.05, 0.1) is 19.8 Å². The van der Waals surface area contributed by atoms with Crippen molar-refractivity contribution in [2.24, 2.45) is 4.99 Å². The van der Waals surface area contributed by atoms with E-state index in [2.05, 4.69) is 39.6 Å². The molecule has 1 saturated heterocycles. The first-order valence-electron chi connectivity index (χ1n) is 10.2. The lowest BCUT2D eigenvalue weighted by molar-refractivity contribution is 0.0394. The highest BCUT2D eigenvalue weighted by molar-refractivity contribution is 6.09. The molecule has 1 heterocycles. The average molecular weight is 395 g/mol. The zero-order valence-electron chi connectivity index (χ0n) is 17.3. The topological polar surface area (TPSA) is 66.0 Å². The van der Waals surface area contributed by atoms with Crippen LogP contribution in [0.2, 0.25) is 0 Å². The summed E-state index contributed by atoms with van der Waals surface area (Å²) in [7, 11) is 0. The summed E-state index contributed by atoms with van der Waals surface area (Å²) in [5.74, 6) is 0.292. The van der Waals surface area contributed by atoms with E-state index in [0.717, 1.165) is 50.5 Å². The Labute approximate surface area is 173 Å². The number of aliphatic imine (C=N–C) groups is 1. The predicted octanol–water partition coefficient (Wildman–Crippen LogP) is 3.09. The minimum atomic E-state index is -0.173. The van der Waals surface area contributed by atoms with Gasteiger partial charge < -0.3 is 10.1 Å². The average Bonchev–Trinajstić information content (AvgIpc) is 2.75. The van der Waals surface area contributed by atoms with E-state index in [9.17, 15) is 4.79 Å². The van der Waals surface area contributed by atoms with Crippen LogP contribution in [0, 0.1) is 6.92 Å². The smallest absolute Gasteiger partial charge is 0.257 e. The second kappa shape index (κ2) is 10.7. The van der Waals surface area contributed by atoms with Crippen LogP contribution in [0.25, 0.3) is 0 Å². The zero-order chi connectivity index (χ0) is 20.5. The molecule has 6 heteroatoms. The van der Waals surface area contributed by atoms with Crippen molar-refractivity contribution in [3.63, 3.8) is 0 Å². The van der Waals surface area contributed by atoms with Crippen molar-refractivity contribution in [3.05, 3.63) is 65.2 Å². The number of hydrogen-bond acceptors (Lipinski definition) is 4. The van der Waals surface area contributed by atoms with Crippen molar-refractivity contribution in [2.75, 3.05) is 44.7 Å². The summed E-state index contributed by atoms with van der Waals surface area (Å²) in [4.78, 5) is 19.6. The largest absolute Gasteiger partial charge is 0.379 e. The van der Waals surface area contributed by atoms with E-state index in [0.29, 0.717) is 18.1 Å². The highest BCUT2D eigenvalue weighted by atomic mass is 16.5. The number of benzene rings is 2. The van der Waals surface area contributed by atoms with Crippen LogP contribution in [-0.4, -0.2) is 56.2 Å². The lowest BCUT2D eigenvalue weighted by Crippen LogP contribution is -2.39. The Hall–Kier alpha value is -2.70. The molecule has 0 aromatic heterocycles. The number of carbonyl (C=O) groups is 1. The third-order valence-electron chi connectivity index (χ3n) is 4.96. The fraction of sp³-hybridized carbons (Fsp3) is 0.391. The van der Waals surface area contributed by atoms with Crippen molar-refractivity contribution in [2.45, 2.75) is 20.3 Å². The summed E-state index contributed by atoms with van der Waals surface area (Å²) in [6.45, 7) is 8.95. The molecule has 0 spiro atoms. The first-order valence-corrected chi connectivity index (χ1v) is 10.2. The van der Waals surface area contributed by atoms with Gasteiger partial charge in [-0.1, -0.05) is 36.8 Å². The molecule has 2 N–H and O–H groups in total. The van der Waals surface area contributed by atoms with Crippen molar-refractivity contribution >= 4 is 17.6 Å². The van der Waals surface area contributed by atoms with Gasteiger partial charge in [-0.05, 0) is 43.2 Å². The van der Waals surface area contributed by atoms with Crippen molar-refractivity contribution in [3.8, 4) is 0 Å². The van der Waals surface area contributed by atoms with Crippen molar-refractivity contribution in [1.82, 2.24) is 10.2 Å². The third kappa shape index (κ3) is 6.69. The first kappa shape index (κ1) is 21.0. The minimum Gasteiger partial charge on any atom is -0.379 e. The molecule has 2 aromatic carbocycles. The van der Waals surface area contributed by atoms with Crippen LogP contribution in [0.4, 0.5) is 5.69 Å². The van der Waals surface area contributed by atoms with E-state index in [-0.39, 0.29) is 5.91 Å². The Morgan fingerprint density at radius 3 is 2.41 bits per heavy atom. The number of nitrogens with one attached hydrogen (secondary N) is 2. The van der Waals surface area contributed by atoms with E-state index in [1.807, 2.05) is 43.3 Å². The molecule has 1 amide bonds. The first-order chi connectivity index (χ1) is 14.1. The molecule has 0 atom stereocenters. The number of nitrogens with zero attached hydrogens (tertiary/aromatic N) is 2. The quantitative estimate of drug-likeness (QED) is 0.584. The van der Waals surface area contributed by atoms with Gasteiger partial charge in [-0.15, -0.1) is 0 Å². The van der Waals surface area contributed by atoms with Gasteiger partial charge in [0.1, 0.15) is 0 Å². The summed E-state index contributed by atoms with van der Waals surface area (Å²) in [6.07, 6.45) is 0.991. The molecule has 2 aromatic rings. The number of guanidine groups is 1. The number of carbonyl (C=O) groups excluding carboxylic acids is 1. The van der Waals surface area contributed by atoms with Crippen LogP contribution in [0.15, 0.2) is 53.5 Å². The maximum absolute atomic E-state index is 12.7. The van der Waals surface area contributed by atoms with Crippen LogP contribution >= 0.6 is 0 Å². The van der Waals surface area contributed by atoms with Crippen LogP contribution in [0.3, 0.4) is 0 Å². The molecule has 1 aliphatic rings. The number of anilines is 1. The molecule has 6 nitrogen and oxygen atoms in total. The number of aryl methyl sites for hydroxylation is 2. The molecular formula is C23H30N4O2. The monoisotopic (exact) mass is 394 g/mol. The summed E-state index contributed by atoms with van der Waals surface area (Å²) in [5.41, 5.74) is 3.90. The molecular weight excluding hydrogens is 364 g/mol. The molecule has 0 saturated carbocycles. The molecule has 0 aliphatic carbocycles. The molecule has 29 heavy (non-hydrogen) atoms. The highest BCUT2D eigenvalue weighted by Gasteiger charge is 2.11. The number of amides is 1. The number of rotatable bonds is 6. The van der Waals surface area contributed by atoms with Gasteiger partial charge in [0.15, 0.2) is 0 Å². The summed E-state index contributed by atoms with van der Waals surface area (Å²) in [6, 6.07) is 15.7. The minimum absolute atomic E-state index is 0.173. The Morgan fingerprint density at radius 2 is 1.76 bits per heavy atom. The van der Waals surface area contributed by atoms with Crippen LogP contribution in [0.5, 0.6) is 0 Å². The fourth-order valence-electron chi connectivity index (χ4n) is 3.08. The molecule has 1 fully saturated rings. The lowest BCUT2D eigenvalue weighted by Gasteiger charge is -2.25. The van der Waals surface area contributed by atoms with Crippen LogP contribution in [0.1, 0.15) is 28.4 Å². The predicted molar refractivity (Wildman–Crippen MR) is 118 cm³/mol. The Balaban J connectivity index is 1.67. The highest BCUT2D eigenvalue weighted by Crippen LogP contribution is 2.10. The standard InChI is InChI=1S/C23H30N4O2/c1-3-19-6-10-21(11-7-19)25-23(24-12-13-27-14-16-29-17-15-27)26-22(28)20-8-4-18(2)5-9-20/h4-11H,3,12-17H2,1-2H3,(H2,24,25,26,28). The van der Waals surface area contributed by atoms with Gasteiger partial charge in [0, 0.05) is 30.9 Å². The SMILES string of the molecule is CCc1ccc(NC(=NCCN2CCOCC2)NC(=O)c2ccc(C)cc2)cc1. The van der Waals surface area contributed by atoms with E-state index in [1.54, 1.807) is 0 Å². The lowest BCUT2D eigenvalue weighted by atomic mass is 10.1. The van der Waals surface area contributed by atoms with Gasteiger partial charge in [-0.25, -0.2) is 0 Å². The molecule has 154 valence electrons. The Kier molecular flexibility index (Phi) is 7.78. The van der Waals surface area contributed by atoms with Gasteiger partial charge in [-0.3, -0.25) is 20.0 Å². The fourth-order valence-corrected chi connectivity index (χ4v) is 3.08.